The van der Waals surface area contributed by atoms with Gasteiger partial charge in [0.05, 0.1) is 0 Å². The molecular formula is C27H20S. The second kappa shape index (κ2) is 7.18. The van der Waals surface area contributed by atoms with E-state index >= 15 is 0 Å². The minimum absolute atomic E-state index is 1.27. The molecular weight excluding hydrogens is 356 g/mol. The van der Waals surface area contributed by atoms with Crippen LogP contribution in [0.15, 0.2) is 97.1 Å². The lowest BCUT2D eigenvalue weighted by molar-refractivity contribution is 1.70. The lowest BCUT2D eigenvalue weighted by atomic mass is 9.96. The summed E-state index contributed by atoms with van der Waals surface area (Å²) < 4.78 is 0. The Morgan fingerprint density at radius 2 is 1.25 bits per heavy atom. The van der Waals surface area contributed by atoms with E-state index in [4.69, 9.17) is 0 Å². The Morgan fingerprint density at radius 3 is 2.04 bits per heavy atom. The highest BCUT2D eigenvalue weighted by Gasteiger charge is 2.07. The summed E-state index contributed by atoms with van der Waals surface area (Å²) in [6.07, 6.45) is 4.49. The first-order valence-corrected chi connectivity index (χ1v) is 10.7. The molecule has 0 atom stereocenters. The molecule has 5 aromatic carbocycles. The second-order valence-corrected chi connectivity index (χ2v) is 7.86. The fraction of sp³-hybridized carbons (Fsp3) is 0.0370. The zero-order valence-corrected chi connectivity index (χ0v) is 16.5. The van der Waals surface area contributed by atoms with Crippen LogP contribution >= 0.6 is 11.8 Å². The molecule has 0 N–H and O–H groups in total. The first-order chi connectivity index (χ1) is 13.8. The number of thioether (sulfide) groups is 1. The third kappa shape index (κ3) is 2.98. The van der Waals surface area contributed by atoms with Gasteiger partial charge < -0.3 is 0 Å². The van der Waals surface area contributed by atoms with E-state index in [1.165, 1.54) is 48.3 Å². The normalized spacial score (nSPS) is 12.1. The van der Waals surface area contributed by atoms with Gasteiger partial charge in [0, 0.05) is 4.91 Å². The van der Waals surface area contributed by atoms with E-state index in [0.29, 0.717) is 0 Å². The van der Waals surface area contributed by atoms with Gasteiger partial charge in [0.1, 0.15) is 0 Å². The van der Waals surface area contributed by atoms with Crippen LogP contribution in [-0.4, -0.2) is 6.26 Å². The van der Waals surface area contributed by atoms with E-state index in [9.17, 15) is 0 Å². The minimum atomic E-state index is 1.27. The Kier molecular flexibility index (Phi) is 4.38. The van der Waals surface area contributed by atoms with Crippen molar-refractivity contribution in [1.29, 1.82) is 0 Å². The molecule has 0 fully saturated rings. The largest absolute Gasteiger partial charge is 0.129 e. The lowest BCUT2D eigenvalue weighted by Crippen LogP contribution is -1.85. The van der Waals surface area contributed by atoms with Gasteiger partial charge in [-0.2, -0.15) is 0 Å². The smallest absolute Gasteiger partial charge is 0.0148 e. The van der Waals surface area contributed by atoms with E-state index in [1.54, 1.807) is 11.8 Å². The zero-order chi connectivity index (χ0) is 18.9. The maximum atomic E-state index is 2.34. The molecule has 134 valence electrons. The Morgan fingerprint density at radius 1 is 0.607 bits per heavy atom. The fourth-order valence-electron chi connectivity index (χ4n) is 3.95. The molecule has 0 aliphatic carbocycles. The van der Waals surface area contributed by atoms with Gasteiger partial charge in [-0.3, -0.25) is 0 Å². The fourth-order valence-corrected chi connectivity index (χ4v) is 4.55. The molecule has 1 heteroatoms. The number of fused-ring (bicyclic) bond motifs is 4. The van der Waals surface area contributed by atoms with Gasteiger partial charge >= 0.3 is 0 Å². The molecule has 0 saturated carbocycles. The topological polar surface area (TPSA) is 0 Å². The van der Waals surface area contributed by atoms with Crippen LogP contribution in [0, 0.1) is 0 Å². The molecule has 0 heterocycles. The first kappa shape index (κ1) is 17.1. The van der Waals surface area contributed by atoms with Gasteiger partial charge in [0.15, 0.2) is 0 Å². The summed E-state index contributed by atoms with van der Waals surface area (Å²) in [6.45, 7) is 0. The Balaban J connectivity index is 1.73. The molecule has 0 bridgehead atoms. The van der Waals surface area contributed by atoms with Crippen LogP contribution in [0.25, 0.3) is 43.3 Å². The van der Waals surface area contributed by atoms with Crippen LogP contribution in [0.5, 0.6) is 0 Å². The summed E-state index contributed by atoms with van der Waals surface area (Å²) in [6, 6.07) is 35.0. The van der Waals surface area contributed by atoms with Gasteiger partial charge in [-0.1, -0.05) is 84.9 Å². The monoisotopic (exact) mass is 376 g/mol. The molecule has 0 nitrogen and oxygen atoms in total. The molecule has 0 unspecified atom stereocenters. The van der Waals surface area contributed by atoms with Gasteiger partial charge in [0.2, 0.25) is 0 Å². The van der Waals surface area contributed by atoms with E-state index < -0.39 is 0 Å². The number of hydrogen-bond donors (Lipinski definition) is 0. The van der Waals surface area contributed by atoms with Gasteiger partial charge in [-0.05, 0) is 67.9 Å². The first-order valence-electron chi connectivity index (χ1n) is 9.49. The third-order valence-electron chi connectivity index (χ3n) is 5.34. The lowest BCUT2D eigenvalue weighted by Gasteiger charge is -2.11. The van der Waals surface area contributed by atoms with Crippen LogP contribution in [-0.2, 0) is 0 Å². The number of rotatable bonds is 3. The average Bonchev–Trinajstić information content (AvgIpc) is 2.77. The Bertz CT molecular complexity index is 1340. The zero-order valence-electron chi connectivity index (χ0n) is 15.7. The summed E-state index contributed by atoms with van der Waals surface area (Å²) in [7, 11) is 0. The third-order valence-corrected chi connectivity index (χ3v) is 6.13. The minimum Gasteiger partial charge on any atom is -0.129 e. The summed E-state index contributed by atoms with van der Waals surface area (Å²) in [5, 5.41) is 7.77. The Labute approximate surface area is 169 Å². The van der Waals surface area contributed by atoms with Crippen molar-refractivity contribution in [3.8, 4) is 0 Å². The van der Waals surface area contributed by atoms with Crippen LogP contribution in [0.4, 0.5) is 0 Å². The van der Waals surface area contributed by atoms with E-state index in [1.807, 2.05) is 0 Å². The predicted octanol–water partition coefficient (Wildman–Crippen LogP) is 8.01. The number of benzene rings is 5. The summed E-state index contributed by atoms with van der Waals surface area (Å²) in [5.41, 5.74) is 2.54. The van der Waals surface area contributed by atoms with E-state index in [0.717, 1.165) is 0 Å². The Hall–Kier alpha value is -3.03. The molecule has 5 rings (SSSR count). The van der Waals surface area contributed by atoms with Crippen molar-refractivity contribution in [1.82, 2.24) is 0 Å². The van der Waals surface area contributed by atoms with Crippen molar-refractivity contribution >= 4 is 55.1 Å². The van der Waals surface area contributed by atoms with Crippen molar-refractivity contribution in [3.63, 3.8) is 0 Å². The highest BCUT2D eigenvalue weighted by Crippen LogP contribution is 2.34. The van der Waals surface area contributed by atoms with Gasteiger partial charge in [-0.15, -0.1) is 11.8 Å². The van der Waals surface area contributed by atoms with Gasteiger partial charge in [0.25, 0.3) is 0 Å². The molecule has 0 aromatic heterocycles. The van der Waals surface area contributed by atoms with E-state index in [2.05, 4.69) is 109 Å². The molecule has 28 heavy (non-hydrogen) atoms. The maximum Gasteiger partial charge on any atom is 0.0148 e. The van der Waals surface area contributed by atoms with Crippen LogP contribution < -0.4 is 0 Å². The SMILES string of the molecule is CS/C(=C\c1cc2ccccc2c2ccccc12)c1ccc2ccccc2c1. The van der Waals surface area contributed by atoms with Crippen LogP contribution in [0.2, 0.25) is 0 Å². The molecule has 0 radical (unpaired) electrons. The van der Waals surface area contributed by atoms with Crippen molar-refractivity contribution < 1.29 is 0 Å². The summed E-state index contributed by atoms with van der Waals surface area (Å²) in [5.74, 6) is 0. The second-order valence-electron chi connectivity index (χ2n) is 7.01. The molecule has 0 saturated heterocycles. The summed E-state index contributed by atoms with van der Waals surface area (Å²) in [4.78, 5) is 1.28. The molecule has 0 aliphatic rings. The molecule has 0 aliphatic heterocycles. The average molecular weight is 377 g/mol. The standard InChI is InChI=1S/C27H20S/c1-28-27(22-15-14-19-8-2-3-9-20(19)16-22)18-23-17-21-10-4-5-11-24(21)26-13-7-6-12-25(23)26/h2-18H,1H3/b27-18-. The predicted molar refractivity (Wildman–Crippen MR) is 127 cm³/mol. The quantitative estimate of drug-likeness (QED) is 0.227. The molecule has 0 spiro atoms. The highest BCUT2D eigenvalue weighted by atomic mass is 32.2. The molecule has 0 amide bonds. The van der Waals surface area contributed by atoms with Crippen LogP contribution in [0.1, 0.15) is 11.1 Å². The van der Waals surface area contributed by atoms with Crippen molar-refractivity contribution in [3.05, 3.63) is 108 Å². The van der Waals surface area contributed by atoms with Crippen molar-refractivity contribution in [2.75, 3.05) is 6.26 Å². The van der Waals surface area contributed by atoms with Crippen LogP contribution in [0.3, 0.4) is 0 Å². The van der Waals surface area contributed by atoms with E-state index in [-0.39, 0.29) is 0 Å². The maximum absolute atomic E-state index is 2.34. The van der Waals surface area contributed by atoms with Crippen molar-refractivity contribution in [2.45, 2.75) is 0 Å². The highest BCUT2D eigenvalue weighted by molar-refractivity contribution is 8.07. The van der Waals surface area contributed by atoms with Gasteiger partial charge in [-0.25, -0.2) is 0 Å². The molecule has 5 aromatic rings. The van der Waals surface area contributed by atoms with Crippen molar-refractivity contribution in [2.24, 2.45) is 0 Å². The summed E-state index contributed by atoms with van der Waals surface area (Å²) >= 11 is 1.80. The number of hydrogen-bond acceptors (Lipinski definition) is 1.